The van der Waals surface area contributed by atoms with E-state index in [1.807, 2.05) is 30.3 Å². The Hall–Kier alpha value is -2.90. The fourth-order valence-corrected chi connectivity index (χ4v) is 1.49. The maximum atomic E-state index is 11.8. The highest BCUT2D eigenvalue weighted by Crippen LogP contribution is 2.06. The van der Waals surface area contributed by atoms with Crippen molar-refractivity contribution in [3.63, 3.8) is 0 Å². The highest BCUT2D eigenvalue weighted by atomic mass is 16.6. The molecular weight excluding hydrogens is 262 g/mol. The van der Waals surface area contributed by atoms with Crippen LogP contribution in [0.1, 0.15) is 5.56 Å². The fourth-order valence-electron chi connectivity index (χ4n) is 1.49. The number of amides is 3. The minimum Gasteiger partial charge on any atom is -0.390 e. The van der Waals surface area contributed by atoms with Crippen LogP contribution in [-0.2, 0) is 16.2 Å². The van der Waals surface area contributed by atoms with Crippen LogP contribution in [0.5, 0.6) is 0 Å². The number of nitrogens with zero attached hydrogens (tertiary/aromatic N) is 3. The van der Waals surface area contributed by atoms with E-state index in [4.69, 9.17) is 10.6 Å². The summed E-state index contributed by atoms with van der Waals surface area (Å²) in [6, 6.07) is 8.61. The van der Waals surface area contributed by atoms with Crippen molar-refractivity contribution < 1.29 is 14.4 Å². The summed E-state index contributed by atoms with van der Waals surface area (Å²) in [4.78, 5) is 28.2. The van der Waals surface area contributed by atoms with Gasteiger partial charge in [-0.2, -0.15) is 0 Å². The largest absolute Gasteiger partial charge is 0.390 e. The average Bonchev–Trinajstić information content (AvgIpc) is 2.75. The van der Waals surface area contributed by atoms with Crippen molar-refractivity contribution in [3.8, 4) is 0 Å². The molecule has 1 aliphatic heterocycles. The Bertz CT molecular complexity index is 582. The van der Waals surface area contributed by atoms with E-state index in [1.165, 1.54) is 7.05 Å². The first-order chi connectivity index (χ1) is 9.63. The number of benzene rings is 1. The zero-order chi connectivity index (χ0) is 14.5. The molecule has 1 aromatic rings. The summed E-state index contributed by atoms with van der Waals surface area (Å²) in [6.07, 6.45) is 0. The van der Waals surface area contributed by atoms with Gasteiger partial charge >= 0.3 is 11.9 Å². The van der Waals surface area contributed by atoms with Crippen LogP contribution in [0.4, 0.5) is 4.79 Å². The van der Waals surface area contributed by atoms with Crippen LogP contribution in [0.2, 0.25) is 0 Å². The Morgan fingerprint density at radius 3 is 2.80 bits per heavy atom. The molecule has 8 heteroatoms. The zero-order valence-electron chi connectivity index (χ0n) is 10.7. The number of imide groups is 1. The van der Waals surface area contributed by atoms with Crippen LogP contribution in [-0.4, -0.2) is 35.5 Å². The Balaban J connectivity index is 2.02. The van der Waals surface area contributed by atoms with Gasteiger partial charge in [0.25, 0.3) is 0 Å². The van der Waals surface area contributed by atoms with Crippen molar-refractivity contribution in [2.24, 2.45) is 16.0 Å². The second kappa shape index (κ2) is 5.83. The zero-order valence-corrected chi connectivity index (χ0v) is 10.7. The summed E-state index contributed by atoms with van der Waals surface area (Å²) >= 11 is 0. The lowest BCUT2D eigenvalue weighted by atomic mass is 10.2. The van der Waals surface area contributed by atoms with E-state index in [2.05, 4.69) is 15.6 Å². The number of hydrogen-bond donors (Lipinski definition) is 2. The average molecular weight is 275 g/mol. The van der Waals surface area contributed by atoms with Crippen LogP contribution < -0.4 is 11.1 Å². The minimum atomic E-state index is -0.727. The van der Waals surface area contributed by atoms with Gasteiger partial charge in [0.05, 0.1) is 0 Å². The number of oxime groups is 1. The van der Waals surface area contributed by atoms with E-state index in [1.54, 1.807) is 0 Å². The van der Waals surface area contributed by atoms with Crippen molar-refractivity contribution in [1.82, 2.24) is 10.3 Å². The highest BCUT2D eigenvalue weighted by Gasteiger charge is 2.35. The van der Waals surface area contributed by atoms with Crippen LogP contribution in [0.25, 0.3) is 0 Å². The quantitative estimate of drug-likeness (QED) is 0.757. The maximum absolute atomic E-state index is 11.8. The number of nitrogens with one attached hydrogen (secondary N) is 1. The molecule has 0 bridgehead atoms. The van der Waals surface area contributed by atoms with Gasteiger partial charge in [0, 0.05) is 7.05 Å². The number of amidine groups is 1. The molecule has 0 fully saturated rings. The molecule has 8 nitrogen and oxygen atoms in total. The van der Waals surface area contributed by atoms with Crippen molar-refractivity contribution in [2.45, 2.75) is 6.61 Å². The Kier molecular flexibility index (Phi) is 3.94. The molecule has 0 aromatic heterocycles. The highest BCUT2D eigenvalue weighted by molar-refractivity contribution is 6.68. The summed E-state index contributed by atoms with van der Waals surface area (Å²) in [5.74, 6) is -0.887. The minimum absolute atomic E-state index is 0.160. The third-order valence-corrected chi connectivity index (χ3v) is 2.48. The van der Waals surface area contributed by atoms with Crippen LogP contribution in [0.3, 0.4) is 0 Å². The van der Waals surface area contributed by atoms with Gasteiger partial charge in [0.1, 0.15) is 6.61 Å². The molecule has 3 N–H and O–H groups in total. The number of urea groups is 1. The lowest BCUT2D eigenvalue weighted by Gasteiger charge is -2.07. The van der Waals surface area contributed by atoms with Crippen LogP contribution in [0, 0.1) is 0 Å². The molecule has 0 unspecified atom stereocenters. The first kappa shape index (κ1) is 13.5. The summed E-state index contributed by atoms with van der Waals surface area (Å²) in [6.45, 7) is 0.185. The number of carbonyl (C=O) groups is 2. The second-order valence-electron chi connectivity index (χ2n) is 3.86. The van der Waals surface area contributed by atoms with E-state index in [0.29, 0.717) is 5.01 Å². The lowest BCUT2D eigenvalue weighted by molar-refractivity contribution is -0.120. The molecule has 0 atom stereocenters. The van der Waals surface area contributed by atoms with Crippen molar-refractivity contribution in [1.29, 1.82) is 0 Å². The van der Waals surface area contributed by atoms with Gasteiger partial charge < -0.3 is 15.9 Å². The molecule has 0 aliphatic carbocycles. The van der Waals surface area contributed by atoms with Gasteiger partial charge in [-0.25, -0.2) is 4.79 Å². The standard InChI is InChI=1S/C12H13N5O3/c1-14-12(19)17-11(18)9(10(13)15-17)16-20-7-8-5-3-2-4-6-8/h2-6H,7H2,1H3,(H2,13,15)(H,14,19). The predicted molar refractivity (Wildman–Crippen MR) is 71.6 cm³/mol. The Labute approximate surface area is 114 Å². The second-order valence-corrected chi connectivity index (χ2v) is 3.86. The first-order valence-corrected chi connectivity index (χ1v) is 5.78. The van der Waals surface area contributed by atoms with E-state index < -0.39 is 11.9 Å². The molecular formula is C12H13N5O3. The van der Waals surface area contributed by atoms with E-state index in [9.17, 15) is 9.59 Å². The third kappa shape index (κ3) is 2.74. The molecule has 0 radical (unpaired) electrons. The summed E-state index contributed by atoms with van der Waals surface area (Å²) < 4.78 is 0. The van der Waals surface area contributed by atoms with E-state index in [0.717, 1.165) is 5.56 Å². The van der Waals surface area contributed by atoms with Gasteiger partial charge in [-0.3, -0.25) is 4.79 Å². The number of carbonyl (C=O) groups excluding carboxylic acids is 2. The topological polar surface area (TPSA) is 109 Å². The maximum Gasteiger partial charge on any atom is 0.345 e. The Morgan fingerprint density at radius 1 is 1.45 bits per heavy atom. The van der Waals surface area contributed by atoms with Crippen molar-refractivity contribution in [3.05, 3.63) is 35.9 Å². The van der Waals surface area contributed by atoms with Gasteiger partial charge in [-0.15, -0.1) is 10.1 Å². The molecule has 20 heavy (non-hydrogen) atoms. The van der Waals surface area contributed by atoms with Crippen molar-refractivity contribution in [2.75, 3.05) is 7.05 Å². The van der Waals surface area contributed by atoms with Gasteiger partial charge in [0.15, 0.2) is 5.84 Å². The normalized spacial score (nSPS) is 16.2. The Morgan fingerprint density at radius 2 is 2.15 bits per heavy atom. The summed E-state index contributed by atoms with van der Waals surface area (Å²) in [7, 11) is 1.38. The van der Waals surface area contributed by atoms with Gasteiger partial charge in [-0.05, 0) is 5.56 Å². The third-order valence-electron chi connectivity index (χ3n) is 2.48. The molecule has 1 aliphatic rings. The summed E-state index contributed by atoms with van der Waals surface area (Å²) in [5, 5.41) is 10.1. The SMILES string of the molecule is CNC(=O)N1N=C(N)C(=NOCc2ccccc2)C1=O. The number of hydrazone groups is 1. The smallest absolute Gasteiger partial charge is 0.345 e. The molecule has 1 heterocycles. The monoisotopic (exact) mass is 275 g/mol. The molecule has 2 rings (SSSR count). The molecule has 1 aromatic carbocycles. The molecule has 104 valence electrons. The van der Waals surface area contributed by atoms with Crippen LogP contribution in [0.15, 0.2) is 40.6 Å². The summed E-state index contributed by atoms with van der Waals surface area (Å²) in [5.41, 5.74) is 6.23. The predicted octanol–water partition coefficient (Wildman–Crippen LogP) is 0.0130. The number of rotatable bonds is 3. The lowest BCUT2D eigenvalue weighted by Crippen LogP contribution is -2.38. The molecule has 0 saturated heterocycles. The van der Waals surface area contributed by atoms with Gasteiger partial charge in [-0.1, -0.05) is 35.5 Å². The van der Waals surface area contributed by atoms with E-state index >= 15 is 0 Å². The first-order valence-electron chi connectivity index (χ1n) is 5.78. The number of nitrogens with two attached hydrogens (primary N) is 1. The number of hydrogen-bond acceptors (Lipinski definition) is 6. The molecule has 3 amide bonds. The van der Waals surface area contributed by atoms with E-state index in [-0.39, 0.29) is 18.2 Å². The molecule has 0 spiro atoms. The van der Waals surface area contributed by atoms with Crippen LogP contribution >= 0.6 is 0 Å². The molecule has 0 saturated carbocycles. The fraction of sp³-hybridized carbons (Fsp3) is 0.167. The van der Waals surface area contributed by atoms with Crippen molar-refractivity contribution >= 4 is 23.5 Å². The van der Waals surface area contributed by atoms with Gasteiger partial charge in [0.2, 0.25) is 5.71 Å².